The fourth-order valence-corrected chi connectivity index (χ4v) is 4.35. The van der Waals surface area contributed by atoms with Crippen LogP contribution >= 0.6 is 0 Å². The highest BCUT2D eigenvalue weighted by Gasteiger charge is 2.41. The van der Waals surface area contributed by atoms with Crippen molar-refractivity contribution in [3.05, 3.63) is 41.7 Å². The first-order valence-electron chi connectivity index (χ1n) is 8.02. The van der Waals surface area contributed by atoms with Crippen LogP contribution in [-0.2, 0) is 22.1 Å². The van der Waals surface area contributed by atoms with Crippen LogP contribution in [0.3, 0.4) is 0 Å². The molecule has 1 amide bonds. The highest BCUT2D eigenvalue weighted by atomic mass is 32.2. The molecule has 2 atom stereocenters. The SMILES string of the molecule is Cc1nn(C)cc1[C@H]1C[C@@H](C(=O)Nc2cccc(O)c2)N(C)S(=O)(=O)N1. The number of aromatic hydroxyl groups is 1. The molecule has 2 aromatic rings. The van der Waals surface area contributed by atoms with Crippen molar-refractivity contribution < 1.29 is 18.3 Å². The number of likely N-dealkylation sites (N-methyl/N-ethyl adjacent to an activating group) is 1. The number of hydrogen-bond donors (Lipinski definition) is 3. The molecular formula is C16H21N5O4S. The Bertz CT molecular complexity index is 940. The fraction of sp³-hybridized carbons (Fsp3) is 0.375. The molecule has 9 nitrogen and oxygen atoms in total. The van der Waals surface area contributed by atoms with Gasteiger partial charge in [0.1, 0.15) is 11.8 Å². The second kappa shape index (κ2) is 6.71. The Morgan fingerprint density at radius 3 is 2.73 bits per heavy atom. The predicted octanol–water partition coefficient (Wildman–Crippen LogP) is 0.652. The van der Waals surface area contributed by atoms with Gasteiger partial charge in [0.05, 0.1) is 11.7 Å². The smallest absolute Gasteiger partial charge is 0.280 e. The van der Waals surface area contributed by atoms with E-state index in [-0.39, 0.29) is 12.2 Å². The number of amides is 1. The van der Waals surface area contributed by atoms with Crippen molar-refractivity contribution >= 4 is 21.8 Å². The number of nitrogens with one attached hydrogen (secondary N) is 2. The molecule has 1 fully saturated rings. The zero-order valence-electron chi connectivity index (χ0n) is 14.7. The molecule has 26 heavy (non-hydrogen) atoms. The van der Waals surface area contributed by atoms with Gasteiger partial charge in [-0.2, -0.15) is 22.5 Å². The molecule has 1 aliphatic rings. The molecule has 3 N–H and O–H groups in total. The maximum absolute atomic E-state index is 12.7. The molecule has 1 saturated heterocycles. The van der Waals surface area contributed by atoms with Crippen LogP contribution in [0.25, 0.3) is 0 Å². The van der Waals surface area contributed by atoms with Crippen LogP contribution in [0.5, 0.6) is 5.75 Å². The van der Waals surface area contributed by atoms with E-state index >= 15 is 0 Å². The Balaban J connectivity index is 1.87. The summed E-state index contributed by atoms with van der Waals surface area (Å²) in [6.07, 6.45) is 2.00. The van der Waals surface area contributed by atoms with Gasteiger partial charge in [0.2, 0.25) is 5.91 Å². The van der Waals surface area contributed by atoms with Crippen LogP contribution in [0, 0.1) is 6.92 Å². The minimum Gasteiger partial charge on any atom is -0.508 e. The number of phenolic OH excluding ortho intramolecular Hbond substituents is 1. The van der Waals surface area contributed by atoms with Gasteiger partial charge in [-0.25, -0.2) is 0 Å². The molecular weight excluding hydrogens is 358 g/mol. The van der Waals surface area contributed by atoms with Gasteiger partial charge in [-0.1, -0.05) is 6.07 Å². The number of carbonyl (C=O) groups excluding carboxylic acids is 1. The molecule has 10 heteroatoms. The quantitative estimate of drug-likeness (QED) is 0.724. The summed E-state index contributed by atoms with van der Waals surface area (Å²) >= 11 is 0. The summed E-state index contributed by atoms with van der Waals surface area (Å²) in [4.78, 5) is 12.7. The number of anilines is 1. The summed E-state index contributed by atoms with van der Waals surface area (Å²) in [5.41, 5.74) is 1.84. The molecule has 1 aromatic carbocycles. The number of phenols is 1. The van der Waals surface area contributed by atoms with E-state index in [0.29, 0.717) is 11.4 Å². The predicted molar refractivity (Wildman–Crippen MR) is 95.6 cm³/mol. The molecule has 2 heterocycles. The van der Waals surface area contributed by atoms with Crippen molar-refractivity contribution in [3.63, 3.8) is 0 Å². The minimum atomic E-state index is -3.82. The van der Waals surface area contributed by atoms with Crippen LogP contribution in [0.15, 0.2) is 30.5 Å². The number of aromatic nitrogens is 2. The van der Waals surface area contributed by atoms with Crippen LogP contribution in [-0.4, -0.2) is 46.6 Å². The fourth-order valence-electron chi connectivity index (χ4n) is 3.08. The van der Waals surface area contributed by atoms with Crippen LogP contribution in [0.4, 0.5) is 5.69 Å². The lowest BCUT2D eigenvalue weighted by atomic mass is 10.00. The van der Waals surface area contributed by atoms with E-state index in [1.165, 1.54) is 19.2 Å². The van der Waals surface area contributed by atoms with Crippen molar-refractivity contribution in [3.8, 4) is 5.75 Å². The first kappa shape index (κ1) is 18.4. The van der Waals surface area contributed by atoms with Gasteiger partial charge in [-0.15, -0.1) is 0 Å². The average Bonchev–Trinajstić information content (AvgIpc) is 2.88. The van der Waals surface area contributed by atoms with Crippen molar-refractivity contribution in [2.45, 2.75) is 25.4 Å². The third-order valence-electron chi connectivity index (χ3n) is 4.41. The molecule has 3 rings (SSSR count). The van der Waals surface area contributed by atoms with Crippen molar-refractivity contribution in [2.75, 3.05) is 12.4 Å². The second-order valence-electron chi connectivity index (χ2n) is 6.33. The topological polar surface area (TPSA) is 117 Å². The molecule has 0 spiro atoms. The zero-order chi connectivity index (χ0) is 19.1. The number of aryl methyl sites for hydroxylation is 2. The number of nitrogens with zero attached hydrogens (tertiary/aromatic N) is 3. The van der Waals surface area contributed by atoms with Crippen LogP contribution in [0.1, 0.15) is 23.7 Å². The van der Waals surface area contributed by atoms with Crippen molar-refractivity contribution in [1.82, 2.24) is 18.8 Å². The zero-order valence-corrected chi connectivity index (χ0v) is 15.5. The van der Waals surface area contributed by atoms with Gasteiger partial charge >= 0.3 is 0 Å². The van der Waals surface area contributed by atoms with E-state index in [1.807, 2.05) is 0 Å². The summed E-state index contributed by atoms with van der Waals surface area (Å²) in [5.74, 6) is -0.451. The molecule has 140 valence electrons. The number of rotatable bonds is 3. The Kier molecular flexibility index (Phi) is 4.74. The van der Waals surface area contributed by atoms with E-state index in [2.05, 4.69) is 15.1 Å². The third kappa shape index (κ3) is 3.57. The standard InChI is InChI=1S/C16H21N5O4S/c1-10-13(9-20(2)18-10)14-8-15(21(3)26(24,25)19-14)16(23)17-11-5-4-6-12(22)7-11/h4-7,9,14-15,19,22H,8H2,1-3H3,(H,17,23)/t14-,15+/m1/s1. The van der Waals surface area contributed by atoms with Gasteiger partial charge in [-0.05, 0) is 25.5 Å². The van der Waals surface area contributed by atoms with E-state index in [4.69, 9.17) is 0 Å². The molecule has 0 radical (unpaired) electrons. The first-order valence-corrected chi connectivity index (χ1v) is 9.46. The van der Waals surface area contributed by atoms with Gasteiger partial charge in [0.15, 0.2) is 0 Å². The van der Waals surface area contributed by atoms with Gasteiger partial charge in [0.25, 0.3) is 10.2 Å². The molecule has 1 aromatic heterocycles. The van der Waals surface area contributed by atoms with E-state index < -0.39 is 28.2 Å². The normalized spacial score (nSPS) is 22.9. The summed E-state index contributed by atoms with van der Waals surface area (Å²) in [7, 11) is -0.706. The van der Waals surface area contributed by atoms with E-state index in [1.54, 1.807) is 37.0 Å². The second-order valence-corrected chi connectivity index (χ2v) is 8.09. The molecule has 0 unspecified atom stereocenters. The maximum Gasteiger partial charge on any atom is 0.280 e. The van der Waals surface area contributed by atoms with Crippen molar-refractivity contribution in [2.24, 2.45) is 7.05 Å². The van der Waals surface area contributed by atoms with Crippen molar-refractivity contribution in [1.29, 1.82) is 0 Å². The minimum absolute atomic E-state index is 0.0120. The largest absolute Gasteiger partial charge is 0.508 e. The number of benzene rings is 1. The summed E-state index contributed by atoms with van der Waals surface area (Å²) in [6.45, 7) is 1.80. The van der Waals surface area contributed by atoms with Gasteiger partial charge in [-0.3, -0.25) is 9.48 Å². The average molecular weight is 379 g/mol. The van der Waals surface area contributed by atoms with Gasteiger partial charge in [0, 0.05) is 37.6 Å². The highest BCUT2D eigenvalue weighted by molar-refractivity contribution is 7.87. The lowest BCUT2D eigenvalue weighted by Crippen LogP contribution is -2.56. The number of hydrogen-bond acceptors (Lipinski definition) is 5. The Labute approximate surface area is 151 Å². The monoisotopic (exact) mass is 379 g/mol. The lowest BCUT2D eigenvalue weighted by molar-refractivity contribution is -0.120. The van der Waals surface area contributed by atoms with E-state index in [0.717, 1.165) is 9.87 Å². The molecule has 0 bridgehead atoms. The first-order chi connectivity index (χ1) is 12.2. The molecule has 0 aliphatic carbocycles. The molecule has 1 aliphatic heterocycles. The van der Waals surface area contributed by atoms with Crippen LogP contribution < -0.4 is 10.0 Å². The van der Waals surface area contributed by atoms with E-state index in [9.17, 15) is 18.3 Å². The summed E-state index contributed by atoms with van der Waals surface area (Å²) < 4.78 is 30.2. The van der Waals surface area contributed by atoms with Crippen LogP contribution in [0.2, 0.25) is 0 Å². The Morgan fingerprint density at radius 1 is 1.38 bits per heavy atom. The number of carbonyl (C=O) groups is 1. The van der Waals surface area contributed by atoms with Gasteiger partial charge < -0.3 is 10.4 Å². The summed E-state index contributed by atoms with van der Waals surface area (Å²) in [6, 6.07) is 4.65. The third-order valence-corrected chi connectivity index (χ3v) is 6.01. The molecule has 0 saturated carbocycles. The Hall–Kier alpha value is -2.43. The highest BCUT2D eigenvalue weighted by Crippen LogP contribution is 2.30. The Morgan fingerprint density at radius 2 is 2.12 bits per heavy atom. The summed E-state index contributed by atoms with van der Waals surface area (Å²) in [5, 5.41) is 16.4. The maximum atomic E-state index is 12.7. The lowest BCUT2D eigenvalue weighted by Gasteiger charge is -2.36.